The monoisotopic (exact) mass is 404 g/mol. The van der Waals surface area contributed by atoms with Crippen molar-refractivity contribution in [2.45, 2.75) is 13.8 Å². The quantitative estimate of drug-likeness (QED) is 0.599. The van der Waals surface area contributed by atoms with Gasteiger partial charge in [-0.1, -0.05) is 36.4 Å². The highest BCUT2D eigenvalue weighted by Gasteiger charge is 2.26. The average Bonchev–Trinajstić information content (AvgIpc) is 3.30. The third-order valence-corrected chi connectivity index (χ3v) is 6.50. The highest BCUT2D eigenvalue weighted by molar-refractivity contribution is 7.12. The van der Waals surface area contributed by atoms with Crippen LogP contribution in [0, 0.1) is 13.8 Å². The maximum absolute atomic E-state index is 13.2. The number of aryl methyl sites for hydroxylation is 1. The number of hydrogen-bond acceptors (Lipinski definition) is 4. The molecule has 0 spiro atoms. The maximum Gasteiger partial charge on any atom is 0.254 e. The van der Waals surface area contributed by atoms with Crippen molar-refractivity contribution in [3.05, 3.63) is 87.1 Å². The first-order valence-corrected chi connectivity index (χ1v) is 10.7. The molecule has 1 fully saturated rings. The molecule has 0 saturated carbocycles. The zero-order chi connectivity index (χ0) is 20.4. The summed E-state index contributed by atoms with van der Waals surface area (Å²) in [5.74, 6) is -0.149. The number of piperazine rings is 1. The predicted octanol–water partition coefficient (Wildman–Crippen LogP) is 4.56. The van der Waals surface area contributed by atoms with Crippen LogP contribution in [-0.2, 0) is 0 Å². The van der Waals surface area contributed by atoms with Crippen LogP contribution >= 0.6 is 11.3 Å². The molecule has 29 heavy (non-hydrogen) atoms. The fourth-order valence-electron chi connectivity index (χ4n) is 3.81. The lowest BCUT2D eigenvalue weighted by Crippen LogP contribution is -2.49. The van der Waals surface area contributed by atoms with E-state index >= 15 is 0 Å². The van der Waals surface area contributed by atoms with Crippen LogP contribution in [-0.4, -0.2) is 42.8 Å². The molecule has 2 heterocycles. The van der Waals surface area contributed by atoms with E-state index in [0.29, 0.717) is 29.1 Å². The molecule has 4 nitrogen and oxygen atoms in total. The summed E-state index contributed by atoms with van der Waals surface area (Å²) >= 11 is 1.40. The largest absolute Gasteiger partial charge is 0.368 e. The number of ketones is 1. The van der Waals surface area contributed by atoms with Crippen LogP contribution in [0.15, 0.2) is 60.0 Å². The van der Waals surface area contributed by atoms with Gasteiger partial charge in [-0.05, 0) is 48.6 Å². The molecule has 2 aromatic carbocycles. The van der Waals surface area contributed by atoms with Gasteiger partial charge in [0.25, 0.3) is 5.91 Å². The zero-order valence-corrected chi connectivity index (χ0v) is 17.5. The summed E-state index contributed by atoms with van der Waals surface area (Å²) in [4.78, 5) is 30.9. The fourth-order valence-corrected chi connectivity index (χ4v) is 4.48. The molecule has 0 unspecified atom stereocenters. The summed E-state index contributed by atoms with van der Waals surface area (Å²) in [6.07, 6.45) is 0. The van der Waals surface area contributed by atoms with Crippen LogP contribution in [0.2, 0.25) is 0 Å². The Labute approximate surface area is 175 Å². The number of carbonyl (C=O) groups is 2. The standard InChI is InChI=1S/C24H24N2O2S/c1-17-7-5-10-21(18(17)2)25-12-14-26(15-13-25)24(28)20-9-4-3-8-19(20)23(27)22-11-6-16-29-22/h3-11,16H,12-15H2,1-2H3. The van der Waals surface area contributed by atoms with Crippen molar-refractivity contribution >= 4 is 28.7 Å². The number of amides is 1. The van der Waals surface area contributed by atoms with Gasteiger partial charge in [0.1, 0.15) is 0 Å². The molecule has 1 aliphatic rings. The number of hydrogen-bond donors (Lipinski definition) is 0. The third-order valence-electron chi connectivity index (χ3n) is 5.63. The van der Waals surface area contributed by atoms with E-state index in [1.165, 1.54) is 28.2 Å². The van der Waals surface area contributed by atoms with E-state index in [1.54, 1.807) is 18.2 Å². The molecule has 0 bridgehead atoms. The van der Waals surface area contributed by atoms with Gasteiger partial charge in [0.2, 0.25) is 5.78 Å². The summed E-state index contributed by atoms with van der Waals surface area (Å²) in [5.41, 5.74) is 4.79. The van der Waals surface area contributed by atoms with Crippen molar-refractivity contribution < 1.29 is 9.59 Å². The van der Waals surface area contributed by atoms with Gasteiger partial charge in [0.05, 0.1) is 10.4 Å². The first-order chi connectivity index (χ1) is 14.1. The van der Waals surface area contributed by atoms with E-state index in [2.05, 4.69) is 36.9 Å². The van der Waals surface area contributed by atoms with E-state index in [4.69, 9.17) is 0 Å². The van der Waals surface area contributed by atoms with Gasteiger partial charge >= 0.3 is 0 Å². The maximum atomic E-state index is 13.2. The Morgan fingerprint density at radius 1 is 0.828 bits per heavy atom. The van der Waals surface area contributed by atoms with Crippen molar-refractivity contribution in [3.63, 3.8) is 0 Å². The fraction of sp³-hybridized carbons (Fsp3) is 0.250. The third kappa shape index (κ3) is 3.83. The predicted molar refractivity (Wildman–Crippen MR) is 118 cm³/mol. The second-order valence-electron chi connectivity index (χ2n) is 7.35. The minimum atomic E-state index is -0.0852. The molecule has 1 aliphatic heterocycles. The Bertz CT molecular complexity index is 1030. The molecule has 0 aliphatic carbocycles. The lowest BCUT2D eigenvalue weighted by molar-refractivity contribution is 0.0742. The molecule has 0 atom stereocenters. The van der Waals surface area contributed by atoms with Gasteiger partial charge in [0.15, 0.2) is 0 Å². The van der Waals surface area contributed by atoms with Gasteiger partial charge in [-0.25, -0.2) is 0 Å². The van der Waals surface area contributed by atoms with Crippen molar-refractivity contribution in [3.8, 4) is 0 Å². The molecular weight excluding hydrogens is 380 g/mol. The molecule has 1 aromatic heterocycles. The van der Waals surface area contributed by atoms with Crippen LogP contribution in [0.4, 0.5) is 5.69 Å². The summed E-state index contributed by atoms with van der Waals surface area (Å²) in [7, 11) is 0. The first kappa shape index (κ1) is 19.4. The number of thiophene rings is 1. The normalized spacial score (nSPS) is 14.1. The van der Waals surface area contributed by atoms with Crippen molar-refractivity contribution in [2.75, 3.05) is 31.1 Å². The Morgan fingerprint density at radius 3 is 2.24 bits per heavy atom. The number of rotatable bonds is 4. The van der Waals surface area contributed by atoms with Crippen LogP contribution in [0.1, 0.15) is 36.7 Å². The highest BCUT2D eigenvalue weighted by Crippen LogP contribution is 2.25. The first-order valence-electron chi connectivity index (χ1n) is 9.84. The Kier molecular flexibility index (Phi) is 5.49. The second kappa shape index (κ2) is 8.21. The van der Waals surface area contributed by atoms with Crippen LogP contribution in [0.25, 0.3) is 0 Å². The summed E-state index contributed by atoms with van der Waals surface area (Å²) < 4.78 is 0. The van der Waals surface area contributed by atoms with Gasteiger partial charge in [-0.3, -0.25) is 9.59 Å². The van der Waals surface area contributed by atoms with E-state index in [9.17, 15) is 9.59 Å². The van der Waals surface area contributed by atoms with Gasteiger partial charge < -0.3 is 9.80 Å². The average molecular weight is 405 g/mol. The van der Waals surface area contributed by atoms with Gasteiger partial charge in [0, 0.05) is 37.4 Å². The highest BCUT2D eigenvalue weighted by atomic mass is 32.1. The molecule has 5 heteroatoms. The van der Waals surface area contributed by atoms with Crippen molar-refractivity contribution in [2.24, 2.45) is 0 Å². The molecular formula is C24H24N2O2S. The number of benzene rings is 2. The van der Waals surface area contributed by atoms with Crippen molar-refractivity contribution in [1.82, 2.24) is 4.90 Å². The minimum Gasteiger partial charge on any atom is -0.368 e. The van der Waals surface area contributed by atoms with E-state index in [-0.39, 0.29) is 11.7 Å². The lowest BCUT2D eigenvalue weighted by atomic mass is 10.0. The molecule has 148 valence electrons. The number of nitrogens with zero attached hydrogens (tertiary/aromatic N) is 2. The molecule has 0 radical (unpaired) electrons. The Balaban J connectivity index is 1.51. The number of anilines is 1. The molecule has 1 saturated heterocycles. The van der Waals surface area contributed by atoms with Gasteiger partial charge in [-0.2, -0.15) is 0 Å². The van der Waals surface area contributed by atoms with Gasteiger partial charge in [-0.15, -0.1) is 11.3 Å². The van der Waals surface area contributed by atoms with E-state index in [1.807, 2.05) is 28.5 Å². The SMILES string of the molecule is Cc1cccc(N2CCN(C(=O)c3ccccc3C(=O)c3cccs3)CC2)c1C. The zero-order valence-electron chi connectivity index (χ0n) is 16.7. The molecule has 4 rings (SSSR count). The van der Waals surface area contributed by atoms with Crippen LogP contribution < -0.4 is 4.90 Å². The topological polar surface area (TPSA) is 40.6 Å². The summed E-state index contributed by atoms with van der Waals surface area (Å²) in [6.45, 7) is 7.14. The number of carbonyl (C=O) groups excluding carboxylic acids is 2. The molecule has 0 N–H and O–H groups in total. The molecule has 1 amide bonds. The second-order valence-corrected chi connectivity index (χ2v) is 8.30. The minimum absolute atomic E-state index is 0.0638. The Morgan fingerprint density at radius 2 is 1.55 bits per heavy atom. The van der Waals surface area contributed by atoms with E-state index in [0.717, 1.165) is 13.1 Å². The Hall–Kier alpha value is -2.92. The lowest BCUT2D eigenvalue weighted by Gasteiger charge is -2.37. The molecule has 3 aromatic rings. The summed E-state index contributed by atoms with van der Waals surface area (Å²) in [6, 6.07) is 17.2. The van der Waals surface area contributed by atoms with E-state index < -0.39 is 0 Å². The summed E-state index contributed by atoms with van der Waals surface area (Å²) in [5, 5.41) is 1.88. The smallest absolute Gasteiger partial charge is 0.254 e. The van der Waals surface area contributed by atoms with Crippen molar-refractivity contribution in [1.29, 1.82) is 0 Å². The van der Waals surface area contributed by atoms with Crippen LogP contribution in [0.5, 0.6) is 0 Å². The van der Waals surface area contributed by atoms with Crippen LogP contribution in [0.3, 0.4) is 0 Å².